The van der Waals surface area contributed by atoms with E-state index in [2.05, 4.69) is 5.32 Å². The Morgan fingerprint density at radius 2 is 1.96 bits per heavy atom. The fourth-order valence-corrected chi connectivity index (χ4v) is 2.73. The fourth-order valence-electron chi connectivity index (χ4n) is 2.73. The van der Waals surface area contributed by atoms with Crippen molar-refractivity contribution in [2.24, 2.45) is 0 Å². The van der Waals surface area contributed by atoms with Gasteiger partial charge in [0.05, 0.1) is 19.3 Å². The van der Waals surface area contributed by atoms with Gasteiger partial charge in [0.25, 0.3) is 0 Å². The Morgan fingerprint density at radius 1 is 1.17 bits per heavy atom. The predicted molar refractivity (Wildman–Crippen MR) is 86.9 cm³/mol. The van der Waals surface area contributed by atoms with Crippen molar-refractivity contribution in [1.82, 2.24) is 4.90 Å². The van der Waals surface area contributed by atoms with Crippen molar-refractivity contribution in [2.45, 2.75) is 25.4 Å². The number of carbonyl (C=O) groups is 1. The van der Waals surface area contributed by atoms with Crippen molar-refractivity contribution in [3.8, 4) is 5.75 Å². The molecule has 1 aromatic carbocycles. The third kappa shape index (κ3) is 4.84. The maximum atomic E-state index is 12.1. The molecule has 3 rings (SSSR count). The van der Waals surface area contributed by atoms with Gasteiger partial charge in [0, 0.05) is 25.4 Å². The van der Waals surface area contributed by atoms with Crippen molar-refractivity contribution in [1.29, 1.82) is 0 Å². The van der Waals surface area contributed by atoms with Crippen molar-refractivity contribution < 1.29 is 19.0 Å². The predicted octanol–water partition coefficient (Wildman–Crippen LogP) is 2.50. The molecule has 2 aliphatic rings. The summed E-state index contributed by atoms with van der Waals surface area (Å²) < 4.78 is 16.6. The lowest BCUT2D eigenvalue weighted by Crippen LogP contribution is -2.43. The highest BCUT2D eigenvalue weighted by Gasteiger charge is 2.17. The Labute approximate surface area is 136 Å². The smallest absolute Gasteiger partial charge is 0.321 e. The molecule has 6 nitrogen and oxygen atoms in total. The van der Waals surface area contributed by atoms with Crippen LogP contribution in [0.2, 0.25) is 0 Å². The molecular formula is C17H24N2O4. The molecular weight excluding hydrogens is 296 g/mol. The maximum Gasteiger partial charge on any atom is 0.321 e. The Kier molecular flexibility index (Phi) is 5.71. The molecule has 2 fully saturated rings. The van der Waals surface area contributed by atoms with Crippen LogP contribution < -0.4 is 10.1 Å². The van der Waals surface area contributed by atoms with Gasteiger partial charge in [-0.2, -0.15) is 0 Å². The molecule has 0 radical (unpaired) electrons. The number of hydrogen-bond acceptors (Lipinski definition) is 4. The third-order valence-corrected chi connectivity index (χ3v) is 4.11. The Hall–Kier alpha value is -1.79. The summed E-state index contributed by atoms with van der Waals surface area (Å²) in [5, 5.41) is 2.90. The minimum absolute atomic E-state index is 0.0856. The van der Waals surface area contributed by atoms with Crippen LogP contribution in [0.15, 0.2) is 24.3 Å². The normalized spacial score (nSPS) is 21.7. The molecule has 1 aromatic rings. The number of hydrogen-bond donors (Lipinski definition) is 1. The molecule has 23 heavy (non-hydrogen) atoms. The van der Waals surface area contributed by atoms with Crippen LogP contribution in [0.4, 0.5) is 10.5 Å². The van der Waals surface area contributed by atoms with Gasteiger partial charge in [0.1, 0.15) is 12.4 Å². The van der Waals surface area contributed by atoms with Gasteiger partial charge in [-0.3, -0.25) is 0 Å². The summed E-state index contributed by atoms with van der Waals surface area (Å²) in [7, 11) is 0. The van der Waals surface area contributed by atoms with Gasteiger partial charge in [-0.1, -0.05) is 0 Å². The molecule has 2 amide bonds. The summed E-state index contributed by atoms with van der Waals surface area (Å²) in [6.45, 7) is 3.88. The molecule has 0 aliphatic carbocycles. The highest BCUT2D eigenvalue weighted by Crippen LogP contribution is 2.19. The number of amides is 2. The van der Waals surface area contributed by atoms with Crippen LogP contribution in [0, 0.1) is 0 Å². The monoisotopic (exact) mass is 320 g/mol. The van der Waals surface area contributed by atoms with E-state index in [4.69, 9.17) is 14.2 Å². The van der Waals surface area contributed by atoms with E-state index in [1.54, 1.807) is 4.90 Å². The summed E-state index contributed by atoms with van der Waals surface area (Å²) in [6, 6.07) is 7.37. The molecule has 2 heterocycles. The van der Waals surface area contributed by atoms with Gasteiger partial charge in [-0.05, 0) is 43.5 Å². The first-order valence-electron chi connectivity index (χ1n) is 8.29. The Morgan fingerprint density at radius 3 is 2.65 bits per heavy atom. The van der Waals surface area contributed by atoms with Crippen molar-refractivity contribution in [2.75, 3.05) is 44.8 Å². The number of carbonyl (C=O) groups excluding carboxylic acids is 1. The summed E-state index contributed by atoms with van der Waals surface area (Å²) in [6.07, 6.45) is 3.62. The molecule has 0 unspecified atom stereocenters. The summed E-state index contributed by atoms with van der Waals surface area (Å²) in [5.74, 6) is 0.795. The minimum Gasteiger partial charge on any atom is -0.491 e. The zero-order chi connectivity index (χ0) is 15.9. The Balaban J connectivity index is 1.45. The van der Waals surface area contributed by atoms with E-state index in [0.29, 0.717) is 32.9 Å². The van der Waals surface area contributed by atoms with E-state index < -0.39 is 0 Å². The van der Waals surface area contributed by atoms with Crippen molar-refractivity contribution in [3.63, 3.8) is 0 Å². The third-order valence-electron chi connectivity index (χ3n) is 4.11. The Bertz CT molecular complexity index is 494. The first-order chi connectivity index (χ1) is 11.3. The molecule has 0 saturated carbocycles. The number of rotatable bonds is 4. The lowest BCUT2D eigenvalue weighted by atomic mass is 10.1. The molecule has 2 aliphatic heterocycles. The molecule has 0 bridgehead atoms. The second kappa shape index (κ2) is 8.17. The van der Waals surface area contributed by atoms with E-state index in [-0.39, 0.29) is 12.1 Å². The number of anilines is 1. The molecule has 0 aromatic heterocycles. The average molecular weight is 320 g/mol. The summed E-state index contributed by atoms with van der Waals surface area (Å²) in [4.78, 5) is 13.9. The maximum absolute atomic E-state index is 12.1. The lowest BCUT2D eigenvalue weighted by Gasteiger charge is -2.27. The van der Waals surface area contributed by atoms with Gasteiger partial charge in [0.2, 0.25) is 0 Å². The molecule has 6 heteroatoms. The first kappa shape index (κ1) is 16.1. The van der Waals surface area contributed by atoms with Crippen LogP contribution in [-0.2, 0) is 9.47 Å². The number of benzene rings is 1. The van der Waals surface area contributed by atoms with Crippen LogP contribution in [0.5, 0.6) is 5.75 Å². The number of nitrogens with one attached hydrogen (secondary N) is 1. The van der Waals surface area contributed by atoms with Gasteiger partial charge in [-0.25, -0.2) is 4.79 Å². The fraction of sp³-hybridized carbons (Fsp3) is 0.588. The average Bonchev–Trinajstić information content (AvgIpc) is 2.63. The molecule has 2 saturated heterocycles. The minimum atomic E-state index is -0.0856. The molecule has 0 spiro atoms. The quantitative estimate of drug-likeness (QED) is 0.926. The van der Waals surface area contributed by atoms with Crippen molar-refractivity contribution >= 4 is 11.7 Å². The highest BCUT2D eigenvalue weighted by molar-refractivity contribution is 5.89. The van der Waals surface area contributed by atoms with Gasteiger partial charge in [0.15, 0.2) is 0 Å². The first-order valence-corrected chi connectivity index (χ1v) is 8.29. The van der Waals surface area contributed by atoms with Crippen LogP contribution in [-0.4, -0.2) is 56.6 Å². The number of nitrogens with zero attached hydrogens (tertiary/aromatic N) is 1. The second-order valence-electron chi connectivity index (χ2n) is 5.85. The number of morpholine rings is 1. The molecule has 1 atom stereocenters. The standard InChI is InChI=1S/C17H24N2O4/c20-17(19-8-11-21-12-9-19)18-14-4-6-15(7-5-14)23-13-16-3-1-2-10-22-16/h4-7,16H,1-3,8-13H2,(H,18,20)/t16-/m1/s1. The lowest BCUT2D eigenvalue weighted by molar-refractivity contribution is -0.0110. The van der Waals surface area contributed by atoms with Gasteiger partial charge < -0.3 is 24.4 Å². The van der Waals surface area contributed by atoms with Gasteiger partial charge >= 0.3 is 6.03 Å². The number of urea groups is 1. The zero-order valence-corrected chi connectivity index (χ0v) is 13.3. The summed E-state index contributed by atoms with van der Waals surface area (Å²) >= 11 is 0. The molecule has 1 N–H and O–H groups in total. The van der Waals surface area contributed by atoms with E-state index in [0.717, 1.165) is 30.9 Å². The van der Waals surface area contributed by atoms with E-state index in [1.807, 2.05) is 24.3 Å². The largest absolute Gasteiger partial charge is 0.491 e. The van der Waals surface area contributed by atoms with E-state index in [9.17, 15) is 4.79 Å². The van der Waals surface area contributed by atoms with Crippen LogP contribution in [0.1, 0.15) is 19.3 Å². The van der Waals surface area contributed by atoms with Crippen molar-refractivity contribution in [3.05, 3.63) is 24.3 Å². The van der Waals surface area contributed by atoms with Gasteiger partial charge in [-0.15, -0.1) is 0 Å². The zero-order valence-electron chi connectivity index (χ0n) is 13.3. The second-order valence-corrected chi connectivity index (χ2v) is 5.85. The van der Waals surface area contributed by atoms with Crippen LogP contribution >= 0.6 is 0 Å². The summed E-state index contributed by atoms with van der Waals surface area (Å²) in [5.41, 5.74) is 0.766. The van der Waals surface area contributed by atoms with E-state index >= 15 is 0 Å². The molecule has 126 valence electrons. The number of ether oxygens (including phenoxy) is 3. The topological polar surface area (TPSA) is 60.0 Å². The van der Waals surface area contributed by atoms with Crippen LogP contribution in [0.3, 0.4) is 0 Å². The SMILES string of the molecule is O=C(Nc1ccc(OC[C@H]2CCCCO2)cc1)N1CCOCC1. The van der Waals surface area contributed by atoms with E-state index in [1.165, 1.54) is 6.42 Å². The van der Waals surface area contributed by atoms with Crippen LogP contribution in [0.25, 0.3) is 0 Å². The highest BCUT2D eigenvalue weighted by atomic mass is 16.5.